The lowest BCUT2D eigenvalue weighted by Crippen LogP contribution is -2.64. The van der Waals surface area contributed by atoms with Crippen molar-refractivity contribution in [2.75, 3.05) is 37.7 Å². The lowest BCUT2D eigenvalue weighted by molar-refractivity contribution is -0.126. The van der Waals surface area contributed by atoms with Gasteiger partial charge < -0.3 is 11.1 Å². The Hall–Kier alpha value is -0.660. The molecular weight excluding hydrogens is 278 g/mol. The lowest BCUT2D eigenvalue weighted by Gasteiger charge is -2.38. The fraction of sp³-hybridized carbons (Fsp3) is 0.923. The van der Waals surface area contributed by atoms with E-state index in [1.807, 2.05) is 0 Å². The Bertz CT molecular complexity index is 447. The molecule has 0 radical (unpaired) electrons. The summed E-state index contributed by atoms with van der Waals surface area (Å²) in [6.45, 7) is 4.34. The van der Waals surface area contributed by atoms with Gasteiger partial charge in [0.1, 0.15) is 5.54 Å². The number of carbonyl (C=O) groups excluding carboxylic acids is 1. The van der Waals surface area contributed by atoms with E-state index in [-0.39, 0.29) is 17.4 Å². The molecule has 116 valence electrons. The van der Waals surface area contributed by atoms with Gasteiger partial charge in [-0.25, -0.2) is 8.42 Å². The number of rotatable bonds is 7. The zero-order valence-electron chi connectivity index (χ0n) is 12.1. The third-order valence-electron chi connectivity index (χ3n) is 4.31. The predicted octanol–water partition coefficient (Wildman–Crippen LogP) is -0.649. The van der Waals surface area contributed by atoms with Crippen molar-refractivity contribution in [3.63, 3.8) is 0 Å². The first-order valence-electron chi connectivity index (χ1n) is 7.37. The van der Waals surface area contributed by atoms with E-state index in [0.717, 1.165) is 25.8 Å². The van der Waals surface area contributed by atoms with Crippen molar-refractivity contribution in [1.82, 2.24) is 10.2 Å². The molecule has 6 nitrogen and oxygen atoms in total. The molecule has 0 aromatic rings. The van der Waals surface area contributed by atoms with E-state index in [9.17, 15) is 13.2 Å². The standard InChI is InChI=1S/C13H25N3O3S/c1-2-5-15-13(12(14)17,11-3-4-11)10-16-6-8-20(18,19)9-7-16/h11,15H,2-10H2,1H3,(H2,14,17). The number of primary amides is 1. The van der Waals surface area contributed by atoms with Crippen LogP contribution in [0.1, 0.15) is 26.2 Å². The Balaban J connectivity index is 2.05. The zero-order chi connectivity index (χ0) is 14.8. The number of nitrogens with zero attached hydrogens (tertiary/aromatic N) is 1. The summed E-state index contributed by atoms with van der Waals surface area (Å²) >= 11 is 0. The van der Waals surface area contributed by atoms with Crippen LogP contribution in [0.15, 0.2) is 0 Å². The van der Waals surface area contributed by atoms with Crippen LogP contribution < -0.4 is 11.1 Å². The molecule has 0 aromatic carbocycles. The van der Waals surface area contributed by atoms with Crippen LogP contribution in [0.5, 0.6) is 0 Å². The number of amides is 1. The molecule has 2 fully saturated rings. The van der Waals surface area contributed by atoms with Crippen molar-refractivity contribution in [2.45, 2.75) is 31.7 Å². The maximum Gasteiger partial charge on any atom is 0.239 e. The molecule has 1 saturated heterocycles. The van der Waals surface area contributed by atoms with Crippen molar-refractivity contribution >= 4 is 15.7 Å². The quantitative estimate of drug-likeness (QED) is 0.652. The Labute approximate surface area is 121 Å². The minimum absolute atomic E-state index is 0.181. The van der Waals surface area contributed by atoms with Crippen molar-refractivity contribution in [3.05, 3.63) is 0 Å². The van der Waals surface area contributed by atoms with Crippen LogP contribution in [-0.2, 0) is 14.6 Å². The fourth-order valence-corrected chi connectivity index (χ4v) is 4.16. The number of nitrogens with one attached hydrogen (secondary N) is 1. The van der Waals surface area contributed by atoms with Gasteiger partial charge in [0.2, 0.25) is 5.91 Å². The number of carbonyl (C=O) groups is 1. The van der Waals surface area contributed by atoms with Gasteiger partial charge >= 0.3 is 0 Å². The maximum absolute atomic E-state index is 12.0. The van der Waals surface area contributed by atoms with Gasteiger partial charge in [0.15, 0.2) is 9.84 Å². The average molecular weight is 303 g/mol. The highest BCUT2D eigenvalue weighted by atomic mass is 32.2. The summed E-state index contributed by atoms with van der Waals surface area (Å²) in [5.41, 5.74) is 4.99. The third kappa shape index (κ3) is 3.51. The summed E-state index contributed by atoms with van der Waals surface area (Å²) in [6, 6.07) is 0. The molecule has 7 heteroatoms. The van der Waals surface area contributed by atoms with E-state index in [2.05, 4.69) is 17.1 Å². The summed E-state index contributed by atoms with van der Waals surface area (Å²) in [7, 11) is -2.89. The van der Waals surface area contributed by atoms with E-state index in [1.54, 1.807) is 0 Å². The van der Waals surface area contributed by atoms with Crippen LogP contribution in [0.3, 0.4) is 0 Å². The summed E-state index contributed by atoms with van der Waals surface area (Å²) in [6.07, 6.45) is 2.98. The fourth-order valence-electron chi connectivity index (χ4n) is 2.88. The second-order valence-corrected chi connectivity index (χ2v) is 8.27. The topological polar surface area (TPSA) is 92.5 Å². The molecule has 0 bridgehead atoms. The highest BCUT2D eigenvalue weighted by molar-refractivity contribution is 7.91. The number of nitrogens with two attached hydrogens (primary N) is 1. The van der Waals surface area contributed by atoms with Crippen LogP contribution in [0.2, 0.25) is 0 Å². The maximum atomic E-state index is 12.0. The van der Waals surface area contributed by atoms with E-state index in [0.29, 0.717) is 25.6 Å². The minimum Gasteiger partial charge on any atom is -0.368 e. The van der Waals surface area contributed by atoms with E-state index in [4.69, 9.17) is 5.73 Å². The summed E-state index contributed by atoms with van der Waals surface area (Å²) in [5, 5.41) is 3.35. The lowest BCUT2D eigenvalue weighted by atomic mass is 9.91. The molecule has 1 atom stereocenters. The van der Waals surface area contributed by atoms with Crippen LogP contribution in [-0.4, -0.2) is 62.4 Å². The highest BCUT2D eigenvalue weighted by Gasteiger charge is 2.50. The molecule has 3 N–H and O–H groups in total. The van der Waals surface area contributed by atoms with Crippen molar-refractivity contribution < 1.29 is 13.2 Å². The summed E-state index contributed by atoms with van der Waals surface area (Å²) < 4.78 is 23.0. The van der Waals surface area contributed by atoms with Gasteiger partial charge in [0.25, 0.3) is 0 Å². The smallest absolute Gasteiger partial charge is 0.239 e. The Morgan fingerprint density at radius 3 is 2.40 bits per heavy atom. The molecule has 1 saturated carbocycles. The van der Waals surface area contributed by atoms with Crippen LogP contribution in [0.25, 0.3) is 0 Å². The molecule has 20 heavy (non-hydrogen) atoms. The van der Waals surface area contributed by atoms with Gasteiger partial charge in [0, 0.05) is 19.6 Å². The molecule has 1 heterocycles. The monoisotopic (exact) mass is 303 g/mol. The molecule has 2 rings (SSSR count). The molecule has 1 aliphatic heterocycles. The second kappa shape index (κ2) is 5.99. The first-order valence-corrected chi connectivity index (χ1v) is 9.19. The van der Waals surface area contributed by atoms with E-state index >= 15 is 0 Å². The second-order valence-electron chi connectivity index (χ2n) is 5.96. The van der Waals surface area contributed by atoms with Gasteiger partial charge in [-0.15, -0.1) is 0 Å². The molecule has 1 aliphatic carbocycles. The third-order valence-corrected chi connectivity index (χ3v) is 5.92. The SMILES string of the molecule is CCCNC(CN1CCS(=O)(=O)CC1)(C(N)=O)C1CC1. The molecule has 1 unspecified atom stereocenters. The number of hydrogen-bond acceptors (Lipinski definition) is 5. The van der Waals surface area contributed by atoms with Gasteiger partial charge in [-0.3, -0.25) is 9.69 Å². The van der Waals surface area contributed by atoms with Gasteiger partial charge in [-0.2, -0.15) is 0 Å². The van der Waals surface area contributed by atoms with Gasteiger partial charge in [0.05, 0.1) is 11.5 Å². The van der Waals surface area contributed by atoms with E-state index < -0.39 is 15.4 Å². The van der Waals surface area contributed by atoms with E-state index in [1.165, 1.54) is 0 Å². The minimum atomic E-state index is -2.89. The number of hydrogen-bond donors (Lipinski definition) is 2. The Kier molecular flexibility index (Phi) is 4.71. The van der Waals surface area contributed by atoms with Crippen molar-refractivity contribution in [2.24, 2.45) is 11.7 Å². The summed E-state index contributed by atoms with van der Waals surface area (Å²) in [4.78, 5) is 14.1. The molecular formula is C13H25N3O3S. The van der Waals surface area contributed by atoms with Crippen LogP contribution in [0.4, 0.5) is 0 Å². The molecule has 2 aliphatic rings. The molecule has 1 amide bonds. The van der Waals surface area contributed by atoms with Gasteiger partial charge in [-0.1, -0.05) is 6.92 Å². The summed E-state index contributed by atoms with van der Waals surface area (Å²) in [5.74, 6) is 0.354. The molecule has 0 aromatic heterocycles. The predicted molar refractivity (Wildman–Crippen MR) is 78.0 cm³/mol. The molecule has 0 spiro atoms. The largest absolute Gasteiger partial charge is 0.368 e. The number of sulfone groups is 1. The first kappa shape index (κ1) is 15.7. The van der Waals surface area contributed by atoms with Crippen molar-refractivity contribution in [3.8, 4) is 0 Å². The highest BCUT2D eigenvalue weighted by Crippen LogP contribution is 2.40. The first-order chi connectivity index (χ1) is 9.39. The Morgan fingerprint density at radius 2 is 1.95 bits per heavy atom. The average Bonchev–Trinajstić information content (AvgIpc) is 3.21. The van der Waals surface area contributed by atoms with Crippen molar-refractivity contribution in [1.29, 1.82) is 0 Å². The zero-order valence-corrected chi connectivity index (χ0v) is 12.9. The van der Waals surface area contributed by atoms with Gasteiger partial charge in [-0.05, 0) is 31.7 Å². The Morgan fingerprint density at radius 1 is 1.35 bits per heavy atom. The van der Waals surface area contributed by atoms with Crippen LogP contribution >= 0.6 is 0 Å². The normalized spacial score (nSPS) is 26.1. The van der Waals surface area contributed by atoms with Crippen LogP contribution in [0, 0.1) is 5.92 Å².